The van der Waals surface area contributed by atoms with Gasteiger partial charge in [-0.1, -0.05) is 12.1 Å². The molecule has 0 spiro atoms. The first-order chi connectivity index (χ1) is 9.20. The SMILES string of the molecule is COc1ccccc1-n1c(=O)[nH]c2ccc(O)cc21. The van der Waals surface area contributed by atoms with Gasteiger partial charge in [0.2, 0.25) is 0 Å². The Balaban J connectivity index is 2.39. The molecule has 0 saturated carbocycles. The van der Waals surface area contributed by atoms with Crippen LogP contribution in [-0.2, 0) is 0 Å². The van der Waals surface area contributed by atoms with E-state index < -0.39 is 0 Å². The molecule has 2 N–H and O–H groups in total. The molecule has 1 aromatic heterocycles. The molecule has 1 heterocycles. The van der Waals surface area contributed by atoms with E-state index in [4.69, 9.17) is 4.74 Å². The number of H-pyrrole nitrogens is 1. The number of fused-ring (bicyclic) bond motifs is 1. The van der Waals surface area contributed by atoms with Crippen molar-refractivity contribution in [2.45, 2.75) is 0 Å². The molecule has 0 saturated heterocycles. The van der Waals surface area contributed by atoms with Gasteiger partial charge in [0.1, 0.15) is 11.5 Å². The van der Waals surface area contributed by atoms with Gasteiger partial charge >= 0.3 is 5.69 Å². The maximum atomic E-state index is 12.1. The van der Waals surface area contributed by atoms with E-state index in [1.165, 1.54) is 10.6 Å². The van der Waals surface area contributed by atoms with E-state index in [1.54, 1.807) is 31.4 Å². The Bertz CT molecular complexity index is 802. The van der Waals surface area contributed by atoms with E-state index in [0.717, 1.165) is 0 Å². The fraction of sp³-hybridized carbons (Fsp3) is 0.0714. The molecule has 0 aliphatic heterocycles. The highest BCUT2D eigenvalue weighted by atomic mass is 16.5. The predicted octanol–water partition coefficient (Wildman–Crippen LogP) is 2.03. The molecule has 2 aromatic carbocycles. The number of aromatic amines is 1. The summed E-state index contributed by atoms with van der Waals surface area (Å²) in [5.41, 5.74) is 1.63. The number of methoxy groups -OCH3 is 1. The number of para-hydroxylation sites is 2. The summed E-state index contributed by atoms with van der Waals surface area (Å²) in [4.78, 5) is 14.8. The monoisotopic (exact) mass is 256 g/mol. The van der Waals surface area contributed by atoms with Crippen LogP contribution in [0.5, 0.6) is 11.5 Å². The summed E-state index contributed by atoms with van der Waals surface area (Å²) in [6, 6.07) is 12.0. The van der Waals surface area contributed by atoms with Crippen LogP contribution in [0.3, 0.4) is 0 Å². The van der Waals surface area contributed by atoms with Crippen molar-refractivity contribution in [3.63, 3.8) is 0 Å². The fourth-order valence-corrected chi connectivity index (χ4v) is 2.14. The first kappa shape index (κ1) is 11.4. The molecular weight excluding hydrogens is 244 g/mol. The van der Waals surface area contributed by atoms with Gasteiger partial charge < -0.3 is 14.8 Å². The highest BCUT2D eigenvalue weighted by Gasteiger charge is 2.12. The molecule has 0 atom stereocenters. The number of nitrogens with zero attached hydrogens (tertiary/aromatic N) is 1. The summed E-state index contributed by atoms with van der Waals surface area (Å²) in [7, 11) is 1.55. The Labute approximate surface area is 108 Å². The molecule has 0 aliphatic carbocycles. The van der Waals surface area contributed by atoms with Gasteiger partial charge in [-0.25, -0.2) is 4.79 Å². The highest BCUT2D eigenvalue weighted by molar-refractivity contribution is 5.79. The second-order valence-electron chi connectivity index (χ2n) is 4.14. The predicted molar refractivity (Wildman–Crippen MR) is 72.1 cm³/mol. The van der Waals surface area contributed by atoms with E-state index in [2.05, 4.69) is 4.98 Å². The normalized spacial score (nSPS) is 10.8. The molecule has 0 unspecified atom stereocenters. The fourth-order valence-electron chi connectivity index (χ4n) is 2.14. The number of nitrogens with one attached hydrogen (secondary N) is 1. The third-order valence-corrected chi connectivity index (χ3v) is 2.99. The van der Waals surface area contributed by atoms with Gasteiger partial charge in [0.05, 0.1) is 23.8 Å². The molecule has 5 heteroatoms. The molecule has 3 aromatic rings. The van der Waals surface area contributed by atoms with Crippen LogP contribution in [0.1, 0.15) is 0 Å². The zero-order valence-electron chi connectivity index (χ0n) is 10.3. The third-order valence-electron chi connectivity index (χ3n) is 2.99. The van der Waals surface area contributed by atoms with Crippen LogP contribution in [-0.4, -0.2) is 21.8 Å². The first-order valence-corrected chi connectivity index (χ1v) is 5.78. The van der Waals surface area contributed by atoms with Crippen LogP contribution in [0.4, 0.5) is 0 Å². The number of aromatic hydroxyl groups is 1. The minimum Gasteiger partial charge on any atom is -0.508 e. The van der Waals surface area contributed by atoms with Crippen molar-refractivity contribution in [3.8, 4) is 17.2 Å². The second-order valence-corrected chi connectivity index (χ2v) is 4.14. The maximum Gasteiger partial charge on any atom is 0.331 e. The maximum absolute atomic E-state index is 12.1. The Hall–Kier alpha value is -2.69. The summed E-state index contributed by atoms with van der Waals surface area (Å²) in [5, 5.41) is 9.58. The van der Waals surface area contributed by atoms with Gasteiger partial charge in [0, 0.05) is 6.07 Å². The molecule has 96 valence electrons. The summed E-state index contributed by atoms with van der Waals surface area (Å²) >= 11 is 0. The van der Waals surface area contributed by atoms with Gasteiger partial charge in [-0.05, 0) is 24.3 Å². The number of hydrogen-bond donors (Lipinski definition) is 2. The summed E-state index contributed by atoms with van der Waals surface area (Å²) in [5.74, 6) is 0.698. The van der Waals surface area contributed by atoms with Crippen molar-refractivity contribution in [1.82, 2.24) is 9.55 Å². The van der Waals surface area contributed by atoms with E-state index in [-0.39, 0.29) is 11.4 Å². The van der Waals surface area contributed by atoms with E-state index >= 15 is 0 Å². The molecule has 0 fully saturated rings. The minimum absolute atomic E-state index is 0.107. The van der Waals surface area contributed by atoms with Crippen molar-refractivity contribution in [2.75, 3.05) is 7.11 Å². The molecular formula is C14H12N2O3. The van der Waals surface area contributed by atoms with E-state index in [0.29, 0.717) is 22.5 Å². The van der Waals surface area contributed by atoms with Crippen LogP contribution in [0.25, 0.3) is 16.7 Å². The topological polar surface area (TPSA) is 67.2 Å². The second kappa shape index (κ2) is 4.20. The molecule has 0 aliphatic rings. The number of phenols is 1. The smallest absolute Gasteiger partial charge is 0.331 e. The molecule has 19 heavy (non-hydrogen) atoms. The minimum atomic E-state index is -0.273. The average molecular weight is 256 g/mol. The van der Waals surface area contributed by atoms with Gasteiger partial charge in [0.15, 0.2) is 0 Å². The number of benzene rings is 2. The van der Waals surface area contributed by atoms with Crippen molar-refractivity contribution < 1.29 is 9.84 Å². The van der Waals surface area contributed by atoms with Crippen LogP contribution < -0.4 is 10.4 Å². The van der Waals surface area contributed by atoms with Crippen LogP contribution in [0.15, 0.2) is 47.3 Å². The van der Waals surface area contributed by atoms with Gasteiger partial charge in [-0.3, -0.25) is 4.57 Å². The standard InChI is InChI=1S/C14H12N2O3/c1-19-13-5-3-2-4-11(13)16-12-8-9(17)6-7-10(12)15-14(16)18/h2-8,17H,1H3,(H,15,18). The number of phenolic OH excluding ortho intramolecular Hbond substituents is 1. The highest BCUT2D eigenvalue weighted by Crippen LogP contribution is 2.25. The third kappa shape index (κ3) is 1.76. The van der Waals surface area contributed by atoms with Crippen molar-refractivity contribution in [2.24, 2.45) is 0 Å². The molecule has 0 amide bonds. The summed E-state index contributed by atoms with van der Waals surface area (Å²) < 4.78 is 6.75. The Morgan fingerprint density at radius 1 is 1.21 bits per heavy atom. The van der Waals surface area contributed by atoms with Gasteiger partial charge in [-0.2, -0.15) is 0 Å². The lowest BCUT2D eigenvalue weighted by Crippen LogP contribution is -2.15. The number of ether oxygens (including phenoxy) is 1. The van der Waals surface area contributed by atoms with Crippen molar-refractivity contribution >= 4 is 11.0 Å². The quantitative estimate of drug-likeness (QED) is 0.737. The lowest BCUT2D eigenvalue weighted by atomic mass is 10.2. The Morgan fingerprint density at radius 2 is 2.00 bits per heavy atom. The van der Waals surface area contributed by atoms with Crippen molar-refractivity contribution in [1.29, 1.82) is 0 Å². The van der Waals surface area contributed by atoms with Gasteiger partial charge in [0.25, 0.3) is 0 Å². The first-order valence-electron chi connectivity index (χ1n) is 5.78. The number of imidazole rings is 1. The van der Waals surface area contributed by atoms with Crippen LogP contribution >= 0.6 is 0 Å². The van der Waals surface area contributed by atoms with Crippen LogP contribution in [0.2, 0.25) is 0 Å². The molecule has 0 bridgehead atoms. The lowest BCUT2D eigenvalue weighted by Gasteiger charge is -2.09. The lowest BCUT2D eigenvalue weighted by molar-refractivity contribution is 0.413. The molecule has 0 radical (unpaired) electrons. The zero-order valence-corrected chi connectivity index (χ0v) is 10.3. The van der Waals surface area contributed by atoms with Crippen LogP contribution in [0, 0.1) is 0 Å². The number of rotatable bonds is 2. The van der Waals surface area contributed by atoms with Crippen molar-refractivity contribution in [3.05, 3.63) is 52.9 Å². The van der Waals surface area contributed by atoms with Gasteiger partial charge in [-0.15, -0.1) is 0 Å². The van der Waals surface area contributed by atoms with E-state index in [1.807, 2.05) is 12.1 Å². The molecule has 5 nitrogen and oxygen atoms in total. The zero-order chi connectivity index (χ0) is 13.4. The number of hydrogen-bond acceptors (Lipinski definition) is 3. The molecule has 3 rings (SSSR count). The summed E-state index contributed by atoms with van der Waals surface area (Å²) in [6.45, 7) is 0. The number of aromatic nitrogens is 2. The summed E-state index contributed by atoms with van der Waals surface area (Å²) in [6.07, 6.45) is 0. The largest absolute Gasteiger partial charge is 0.508 e. The Morgan fingerprint density at radius 3 is 2.79 bits per heavy atom. The average Bonchev–Trinajstić information content (AvgIpc) is 2.74. The Kier molecular flexibility index (Phi) is 2.52. The van der Waals surface area contributed by atoms with E-state index in [9.17, 15) is 9.90 Å².